The standard InChI is InChI=1S/C17H26N2O2/c1-5-17(9-6-10-18-11-17)16(20)19-14-8-7-12(2)15(21-4)13(14)3/h7-8,18H,5-6,9-11H2,1-4H3,(H,19,20). The van der Waals surface area contributed by atoms with E-state index in [1.54, 1.807) is 7.11 Å². The molecule has 1 amide bonds. The van der Waals surface area contributed by atoms with Crippen molar-refractivity contribution in [3.05, 3.63) is 23.3 Å². The number of ether oxygens (including phenoxy) is 1. The molecule has 21 heavy (non-hydrogen) atoms. The van der Waals surface area contributed by atoms with E-state index in [1.165, 1.54) is 0 Å². The lowest BCUT2D eigenvalue weighted by atomic mass is 9.77. The van der Waals surface area contributed by atoms with Crippen molar-refractivity contribution in [2.75, 3.05) is 25.5 Å². The molecule has 1 aliphatic rings. The molecule has 1 saturated heterocycles. The van der Waals surface area contributed by atoms with Crippen LogP contribution in [0, 0.1) is 19.3 Å². The lowest BCUT2D eigenvalue weighted by Gasteiger charge is -2.35. The zero-order chi connectivity index (χ0) is 15.5. The first-order valence-corrected chi connectivity index (χ1v) is 7.70. The molecule has 2 N–H and O–H groups in total. The van der Waals surface area contributed by atoms with Gasteiger partial charge in [0.2, 0.25) is 5.91 Å². The molecule has 0 bridgehead atoms. The molecule has 0 aliphatic carbocycles. The number of benzene rings is 1. The molecular formula is C17H26N2O2. The maximum Gasteiger partial charge on any atom is 0.231 e. The van der Waals surface area contributed by atoms with Crippen molar-refractivity contribution < 1.29 is 9.53 Å². The van der Waals surface area contributed by atoms with Crippen molar-refractivity contribution in [1.82, 2.24) is 5.32 Å². The predicted octanol–water partition coefficient (Wildman–Crippen LogP) is 3.03. The number of rotatable bonds is 4. The van der Waals surface area contributed by atoms with Gasteiger partial charge in [0.25, 0.3) is 0 Å². The van der Waals surface area contributed by atoms with Crippen molar-refractivity contribution >= 4 is 11.6 Å². The van der Waals surface area contributed by atoms with Crippen molar-refractivity contribution in [1.29, 1.82) is 0 Å². The van der Waals surface area contributed by atoms with Gasteiger partial charge in [0.1, 0.15) is 5.75 Å². The molecule has 1 aromatic rings. The van der Waals surface area contributed by atoms with E-state index >= 15 is 0 Å². The summed E-state index contributed by atoms with van der Waals surface area (Å²) in [4.78, 5) is 12.8. The van der Waals surface area contributed by atoms with Crippen LogP contribution in [0.25, 0.3) is 0 Å². The third-order valence-corrected chi connectivity index (χ3v) is 4.69. The fourth-order valence-corrected chi connectivity index (χ4v) is 3.16. The summed E-state index contributed by atoms with van der Waals surface area (Å²) in [6.07, 6.45) is 2.86. The number of carbonyl (C=O) groups excluding carboxylic acids is 1. The van der Waals surface area contributed by atoms with E-state index in [2.05, 4.69) is 17.6 Å². The first-order chi connectivity index (χ1) is 10.0. The summed E-state index contributed by atoms with van der Waals surface area (Å²) in [5.41, 5.74) is 2.63. The third kappa shape index (κ3) is 3.05. The second-order valence-electron chi connectivity index (χ2n) is 5.96. The number of carbonyl (C=O) groups is 1. The van der Waals surface area contributed by atoms with Gasteiger partial charge in [0.15, 0.2) is 0 Å². The van der Waals surface area contributed by atoms with Crippen LogP contribution < -0.4 is 15.4 Å². The molecule has 4 nitrogen and oxygen atoms in total. The topological polar surface area (TPSA) is 50.4 Å². The van der Waals surface area contributed by atoms with Crippen LogP contribution in [-0.2, 0) is 4.79 Å². The van der Waals surface area contributed by atoms with Crippen LogP contribution in [-0.4, -0.2) is 26.1 Å². The van der Waals surface area contributed by atoms with Crippen LogP contribution in [0.5, 0.6) is 5.75 Å². The van der Waals surface area contributed by atoms with Gasteiger partial charge in [0.05, 0.1) is 12.5 Å². The van der Waals surface area contributed by atoms with Crippen LogP contribution in [0.2, 0.25) is 0 Å². The normalized spacial score (nSPS) is 21.9. The lowest BCUT2D eigenvalue weighted by Crippen LogP contribution is -2.47. The molecular weight excluding hydrogens is 264 g/mol. The number of piperidine rings is 1. The van der Waals surface area contributed by atoms with Gasteiger partial charge in [-0.1, -0.05) is 13.0 Å². The third-order valence-electron chi connectivity index (χ3n) is 4.69. The van der Waals surface area contributed by atoms with Crippen molar-refractivity contribution in [3.8, 4) is 5.75 Å². The molecule has 116 valence electrons. The second-order valence-corrected chi connectivity index (χ2v) is 5.96. The summed E-state index contributed by atoms with van der Waals surface area (Å²) in [5, 5.41) is 6.47. The Morgan fingerprint density at radius 3 is 2.76 bits per heavy atom. The Morgan fingerprint density at radius 1 is 1.43 bits per heavy atom. The molecule has 2 rings (SSSR count). The molecule has 1 atom stereocenters. The SMILES string of the molecule is CCC1(C(=O)Nc2ccc(C)c(OC)c2C)CCCNC1. The minimum Gasteiger partial charge on any atom is -0.496 e. The summed E-state index contributed by atoms with van der Waals surface area (Å²) in [6, 6.07) is 3.95. The minimum atomic E-state index is -0.289. The number of anilines is 1. The molecule has 1 aromatic carbocycles. The fraction of sp³-hybridized carbons (Fsp3) is 0.588. The average molecular weight is 290 g/mol. The molecule has 0 saturated carbocycles. The van der Waals surface area contributed by atoms with Crippen LogP contribution >= 0.6 is 0 Å². The van der Waals surface area contributed by atoms with E-state index < -0.39 is 0 Å². The van der Waals surface area contributed by atoms with E-state index in [9.17, 15) is 4.79 Å². The van der Waals surface area contributed by atoms with Crippen molar-refractivity contribution in [2.24, 2.45) is 5.41 Å². The fourth-order valence-electron chi connectivity index (χ4n) is 3.16. The van der Waals surface area contributed by atoms with Gasteiger partial charge < -0.3 is 15.4 Å². The Labute approximate surface area is 127 Å². The minimum absolute atomic E-state index is 0.117. The monoisotopic (exact) mass is 290 g/mol. The van der Waals surface area contributed by atoms with Crippen LogP contribution in [0.15, 0.2) is 12.1 Å². The molecule has 1 fully saturated rings. The van der Waals surface area contributed by atoms with Gasteiger partial charge in [0, 0.05) is 17.8 Å². The number of aryl methyl sites for hydroxylation is 1. The first-order valence-electron chi connectivity index (χ1n) is 7.70. The summed E-state index contributed by atoms with van der Waals surface area (Å²) in [5.74, 6) is 0.964. The van der Waals surface area contributed by atoms with Gasteiger partial charge >= 0.3 is 0 Å². The zero-order valence-corrected chi connectivity index (χ0v) is 13.5. The quantitative estimate of drug-likeness (QED) is 0.896. The van der Waals surface area contributed by atoms with Crippen LogP contribution in [0.1, 0.15) is 37.3 Å². The summed E-state index contributed by atoms with van der Waals surface area (Å²) in [7, 11) is 1.67. The number of hydrogen-bond acceptors (Lipinski definition) is 3. The zero-order valence-electron chi connectivity index (χ0n) is 13.5. The van der Waals surface area contributed by atoms with Gasteiger partial charge in [-0.15, -0.1) is 0 Å². The summed E-state index contributed by atoms with van der Waals surface area (Å²) >= 11 is 0. The smallest absolute Gasteiger partial charge is 0.231 e. The highest BCUT2D eigenvalue weighted by atomic mass is 16.5. The average Bonchev–Trinajstić information content (AvgIpc) is 2.51. The van der Waals surface area contributed by atoms with Gasteiger partial charge in [-0.3, -0.25) is 4.79 Å². The number of hydrogen-bond donors (Lipinski definition) is 2. The Bertz CT molecular complexity index is 520. The highest BCUT2D eigenvalue weighted by Gasteiger charge is 2.38. The predicted molar refractivity (Wildman–Crippen MR) is 85.9 cm³/mol. The van der Waals surface area contributed by atoms with Crippen molar-refractivity contribution in [3.63, 3.8) is 0 Å². The molecule has 1 heterocycles. The van der Waals surface area contributed by atoms with Gasteiger partial charge in [-0.25, -0.2) is 0 Å². The Morgan fingerprint density at radius 2 is 2.19 bits per heavy atom. The highest BCUT2D eigenvalue weighted by Crippen LogP contribution is 2.34. The van der Waals surface area contributed by atoms with Gasteiger partial charge in [-0.05, 0) is 51.3 Å². The second kappa shape index (κ2) is 6.48. The van der Waals surface area contributed by atoms with Crippen molar-refractivity contribution in [2.45, 2.75) is 40.0 Å². The largest absolute Gasteiger partial charge is 0.496 e. The molecule has 1 aliphatic heterocycles. The van der Waals surface area contributed by atoms with E-state index in [0.717, 1.165) is 54.9 Å². The Hall–Kier alpha value is -1.55. The first kappa shape index (κ1) is 15.8. The lowest BCUT2D eigenvalue weighted by molar-refractivity contribution is -0.126. The summed E-state index contributed by atoms with van der Waals surface area (Å²) < 4.78 is 5.43. The maximum absolute atomic E-state index is 12.8. The Balaban J connectivity index is 2.23. The van der Waals surface area contributed by atoms with Gasteiger partial charge in [-0.2, -0.15) is 0 Å². The van der Waals surface area contributed by atoms with E-state index in [0.29, 0.717) is 0 Å². The number of nitrogens with one attached hydrogen (secondary N) is 2. The number of amides is 1. The van der Waals surface area contributed by atoms with Crippen LogP contribution in [0.3, 0.4) is 0 Å². The maximum atomic E-state index is 12.8. The Kier molecular flexibility index (Phi) is 4.88. The molecule has 1 unspecified atom stereocenters. The number of methoxy groups -OCH3 is 1. The molecule has 4 heteroatoms. The van der Waals surface area contributed by atoms with Crippen LogP contribution in [0.4, 0.5) is 5.69 Å². The molecule has 0 radical (unpaired) electrons. The summed E-state index contributed by atoms with van der Waals surface area (Å²) in [6.45, 7) is 7.86. The van der Waals surface area contributed by atoms with E-state index in [-0.39, 0.29) is 11.3 Å². The van der Waals surface area contributed by atoms with E-state index in [4.69, 9.17) is 4.74 Å². The highest BCUT2D eigenvalue weighted by molar-refractivity contribution is 5.96. The molecule has 0 aromatic heterocycles. The van der Waals surface area contributed by atoms with E-state index in [1.807, 2.05) is 26.0 Å². The molecule has 0 spiro atoms.